The Labute approximate surface area is 97.1 Å². The molecule has 0 amide bonds. The van der Waals surface area contributed by atoms with Crippen LogP contribution in [0.25, 0.3) is 0 Å². The number of hydrogen-bond acceptors (Lipinski definition) is 2. The molecule has 1 aliphatic rings. The monoisotopic (exact) mass is 217 g/mol. The molecule has 0 aromatic carbocycles. The fraction of sp³-hybridized carbons (Fsp3) is 0.571. The predicted octanol–water partition coefficient (Wildman–Crippen LogP) is 3.16. The van der Waals surface area contributed by atoms with Crippen LogP contribution in [0.15, 0.2) is 24.5 Å². The van der Waals surface area contributed by atoms with Crippen molar-refractivity contribution in [1.29, 1.82) is 0 Å². The number of aryl methyl sites for hydroxylation is 1. The average Bonchev–Trinajstić information content (AvgIpc) is 2.53. The van der Waals surface area contributed by atoms with Crippen molar-refractivity contribution in [3.63, 3.8) is 0 Å². The van der Waals surface area contributed by atoms with Gasteiger partial charge in [-0.3, -0.25) is 9.78 Å². The summed E-state index contributed by atoms with van der Waals surface area (Å²) in [6.45, 7) is 0. The average molecular weight is 217 g/mol. The van der Waals surface area contributed by atoms with Crippen molar-refractivity contribution >= 4 is 5.78 Å². The van der Waals surface area contributed by atoms with Crippen LogP contribution in [0.4, 0.5) is 0 Å². The largest absolute Gasteiger partial charge is 0.299 e. The zero-order valence-corrected chi connectivity index (χ0v) is 9.69. The third-order valence-electron chi connectivity index (χ3n) is 3.46. The zero-order chi connectivity index (χ0) is 11.2. The predicted molar refractivity (Wildman–Crippen MR) is 64.1 cm³/mol. The van der Waals surface area contributed by atoms with Gasteiger partial charge in [0.1, 0.15) is 5.78 Å². The van der Waals surface area contributed by atoms with Crippen LogP contribution in [0, 0.1) is 5.92 Å². The van der Waals surface area contributed by atoms with Gasteiger partial charge in [-0.2, -0.15) is 0 Å². The highest BCUT2D eigenvalue weighted by Crippen LogP contribution is 2.23. The standard InChI is InChI=1S/C14H19NO/c16-14-5-3-1-2-4-13(14)7-6-12-8-10-15-11-9-12/h8-11,13H,1-7H2. The number of aromatic nitrogens is 1. The first-order chi connectivity index (χ1) is 7.86. The fourth-order valence-corrected chi connectivity index (χ4v) is 2.43. The summed E-state index contributed by atoms with van der Waals surface area (Å²) in [4.78, 5) is 15.8. The maximum atomic E-state index is 11.8. The third kappa shape index (κ3) is 3.16. The first-order valence-corrected chi connectivity index (χ1v) is 6.28. The summed E-state index contributed by atoms with van der Waals surface area (Å²) in [5.74, 6) is 0.808. The van der Waals surface area contributed by atoms with Gasteiger partial charge >= 0.3 is 0 Å². The molecule has 1 heterocycles. The van der Waals surface area contributed by atoms with Crippen LogP contribution in [-0.2, 0) is 11.2 Å². The molecule has 1 unspecified atom stereocenters. The van der Waals surface area contributed by atoms with E-state index in [9.17, 15) is 4.79 Å². The number of rotatable bonds is 3. The smallest absolute Gasteiger partial charge is 0.135 e. The Hall–Kier alpha value is -1.18. The topological polar surface area (TPSA) is 30.0 Å². The molecule has 1 aliphatic carbocycles. The van der Waals surface area contributed by atoms with E-state index in [0.717, 1.165) is 32.1 Å². The van der Waals surface area contributed by atoms with Gasteiger partial charge in [0, 0.05) is 24.7 Å². The maximum Gasteiger partial charge on any atom is 0.135 e. The van der Waals surface area contributed by atoms with Crippen molar-refractivity contribution in [2.75, 3.05) is 0 Å². The highest BCUT2D eigenvalue weighted by atomic mass is 16.1. The second-order valence-corrected chi connectivity index (χ2v) is 4.66. The van der Waals surface area contributed by atoms with Crippen molar-refractivity contribution < 1.29 is 4.79 Å². The van der Waals surface area contributed by atoms with Gasteiger partial charge in [-0.15, -0.1) is 0 Å². The number of carbonyl (C=O) groups excluding carboxylic acids is 1. The Kier molecular flexibility index (Phi) is 4.09. The van der Waals surface area contributed by atoms with Crippen molar-refractivity contribution in [2.45, 2.75) is 44.9 Å². The fourth-order valence-electron chi connectivity index (χ4n) is 2.43. The maximum absolute atomic E-state index is 11.8. The molecule has 1 aromatic rings. The number of ketones is 1. The molecule has 1 saturated carbocycles. The molecule has 2 rings (SSSR count). The van der Waals surface area contributed by atoms with Gasteiger partial charge < -0.3 is 0 Å². The van der Waals surface area contributed by atoms with Crippen molar-refractivity contribution in [3.8, 4) is 0 Å². The Morgan fingerprint density at radius 3 is 2.81 bits per heavy atom. The summed E-state index contributed by atoms with van der Waals surface area (Å²) < 4.78 is 0. The summed E-state index contributed by atoms with van der Waals surface area (Å²) in [6.07, 6.45) is 11.1. The van der Waals surface area contributed by atoms with Crippen molar-refractivity contribution in [1.82, 2.24) is 4.98 Å². The van der Waals surface area contributed by atoms with E-state index in [1.807, 2.05) is 24.5 Å². The normalized spacial score (nSPS) is 21.8. The van der Waals surface area contributed by atoms with E-state index in [1.54, 1.807) is 0 Å². The van der Waals surface area contributed by atoms with E-state index in [0.29, 0.717) is 11.7 Å². The lowest BCUT2D eigenvalue weighted by Gasteiger charge is -2.12. The number of pyridine rings is 1. The van der Waals surface area contributed by atoms with Crippen LogP contribution in [0.5, 0.6) is 0 Å². The second-order valence-electron chi connectivity index (χ2n) is 4.66. The summed E-state index contributed by atoms with van der Waals surface area (Å²) in [7, 11) is 0. The van der Waals surface area contributed by atoms with Crippen LogP contribution in [0.1, 0.15) is 44.1 Å². The Morgan fingerprint density at radius 1 is 1.19 bits per heavy atom. The van der Waals surface area contributed by atoms with Crippen LogP contribution >= 0.6 is 0 Å². The zero-order valence-electron chi connectivity index (χ0n) is 9.69. The number of Topliss-reactive ketones (excluding diaryl/α,β-unsaturated/α-hetero) is 1. The molecule has 86 valence electrons. The van der Waals surface area contributed by atoms with E-state index in [2.05, 4.69) is 4.98 Å². The number of hydrogen-bond donors (Lipinski definition) is 0. The third-order valence-corrected chi connectivity index (χ3v) is 3.46. The van der Waals surface area contributed by atoms with E-state index < -0.39 is 0 Å². The van der Waals surface area contributed by atoms with Crippen LogP contribution in [0.3, 0.4) is 0 Å². The van der Waals surface area contributed by atoms with E-state index in [4.69, 9.17) is 0 Å². The molecule has 0 spiro atoms. The van der Waals surface area contributed by atoms with E-state index in [-0.39, 0.29) is 0 Å². The van der Waals surface area contributed by atoms with Crippen molar-refractivity contribution in [2.24, 2.45) is 5.92 Å². The summed E-state index contributed by atoms with van der Waals surface area (Å²) in [6, 6.07) is 4.09. The first kappa shape index (κ1) is 11.3. The molecular formula is C14H19NO. The van der Waals surface area contributed by atoms with Crippen LogP contribution in [-0.4, -0.2) is 10.8 Å². The number of nitrogens with zero attached hydrogens (tertiary/aromatic N) is 1. The minimum Gasteiger partial charge on any atom is -0.299 e. The molecule has 1 atom stereocenters. The van der Waals surface area contributed by atoms with Gasteiger partial charge in [0.25, 0.3) is 0 Å². The molecule has 0 aliphatic heterocycles. The highest BCUT2D eigenvalue weighted by molar-refractivity contribution is 5.81. The highest BCUT2D eigenvalue weighted by Gasteiger charge is 2.20. The Bertz CT molecular complexity index is 334. The number of carbonyl (C=O) groups is 1. The first-order valence-electron chi connectivity index (χ1n) is 6.28. The summed E-state index contributed by atoms with van der Waals surface area (Å²) in [5, 5.41) is 0. The molecular weight excluding hydrogens is 198 g/mol. The molecule has 2 nitrogen and oxygen atoms in total. The van der Waals surface area contributed by atoms with Gasteiger partial charge in [-0.1, -0.05) is 12.8 Å². The van der Waals surface area contributed by atoms with Gasteiger partial charge in [-0.05, 0) is 43.4 Å². The molecule has 1 fully saturated rings. The van der Waals surface area contributed by atoms with Gasteiger partial charge in [0.15, 0.2) is 0 Å². The summed E-state index contributed by atoms with van der Waals surface area (Å²) in [5.41, 5.74) is 1.30. The summed E-state index contributed by atoms with van der Waals surface area (Å²) >= 11 is 0. The Balaban J connectivity index is 1.86. The molecule has 0 radical (unpaired) electrons. The lowest BCUT2D eigenvalue weighted by Crippen LogP contribution is -2.13. The molecule has 1 aromatic heterocycles. The van der Waals surface area contributed by atoms with Gasteiger partial charge in [-0.25, -0.2) is 0 Å². The minimum absolute atomic E-state index is 0.315. The van der Waals surface area contributed by atoms with Gasteiger partial charge in [0.05, 0.1) is 0 Å². The SMILES string of the molecule is O=C1CCCCCC1CCc1ccncc1. The lowest BCUT2D eigenvalue weighted by atomic mass is 9.92. The van der Waals surface area contributed by atoms with E-state index in [1.165, 1.54) is 18.4 Å². The molecule has 0 bridgehead atoms. The van der Waals surface area contributed by atoms with Crippen LogP contribution < -0.4 is 0 Å². The molecule has 16 heavy (non-hydrogen) atoms. The Morgan fingerprint density at radius 2 is 2.00 bits per heavy atom. The van der Waals surface area contributed by atoms with Crippen LogP contribution in [0.2, 0.25) is 0 Å². The molecule has 0 saturated heterocycles. The van der Waals surface area contributed by atoms with Crippen molar-refractivity contribution in [3.05, 3.63) is 30.1 Å². The van der Waals surface area contributed by atoms with Gasteiger partial charge in [0.2, 0.25) is 0 Å². The second kappa shape index (κ2) is 5.78. The van der Waals surface area contributed by atoms with E-state index >= 15 is 0 Å². The lowest BCUT2D eigenvalue weighted by molar-refractivity contribution is -0.122. The quantitative estimate of drug-likeness (QED) is 0.728. The molecule has 2 heteroatoms. The molecule has 0 N–H and O–H groups in total. The minimum atomic E-state index is 0.315.